The molecule has 1 aromatic rings. The highest BCUT2D eigenvalue weighted by molar-refractivity contribution is 5.85. The van der Waals surface area contributed by atoms with Crippen LogP contribution in [-0.2, 0) is 4.74 Å². The van der Waals surface area contributed by atoms with Gasteiger partial charge in [-0.1, -0.05) is 0 Å². The Bertz CT molecular complexity index is 563. The van der Waals surface area contributed by atoms with Crippen LogP contribution >= 0.6 is 12.4 Å². The number of halogens is 1. The molecule has 0 spiro atoms. The van der Waals surface area contributed by atoms with Gasteiger partial charge in [0, 0.05) is 24.1 Å². The van der Waals surface area contributed by atoms with Gasteiger partial charge in [0.15, 0.2) is 0 Å². The summed E-state index contributed by atoms with van der Waals surface area (Å²) >= 11 is 0. The van der Waals surface area contributed by atoms with Crippen LogP contribution in [0.4, 0.5) is 0 Å². The molecule has 0 aromatic heterocycles. The number of fused-ring (bicyclic) bond motifs is 4. The molecule has 0 radical (unpaired) electrons. The Morgan fingerprint density at radius 2 is 2.14 bits per heavy atom. The van der Waals surface area contributed by atoms with E-state index in [1.54, 1.807) is 12.1 Å². The quantitative estimate of drug-likeness (QED) is 0.770. The molecule has 3 aliphatic heterocycles. The zero-order valence-corrected chi connectivity index (χ0v) is 13.9. The molecule has 2 fully saturated rings. The van der Waals surface area contributed by atoms with Gasteiger partial charge in [-0.2, -0.15) is 0 Å². The number of benzene rings is 1. The average molecular weight is 326 g/mol. The van der Waals surface area contributed by atoms with Gasteiger partial charge in [-0.3, -0.25) is 0 Å². The van der Waals surface area contributed by atoms with E-state index >= 15 is 0 Å². The average Bonchev–Trinajstić information content (AvgIpc) is 2.45. The Morgan fingerprint density at radius 1 is 1.32 bits per heavy atom. The highest BCUT2D eigenvalue weighted by Crippen LogP contribution is 2.52. The maximum absolute atomic E-state index is 9.71. The van der Waals surface area contributed by atoms with Crippen molar-refractivity contribution in [3.8, 4) is 11.5 Å². The van der Waals surface area contributed by atoms with Crippen LogP contribution < -0.4 is 10.1 Å². The van der Waals surface area contributed by atoms with Gasteiger partial charge < -0.3 is 19.9 Å². The summed E-state index contributed by atoms with van der Waals surface area (Å²) in [5.41, 5.74) is 0.822. The SMILES string of the molecule is CC1(C)Oc2cc(O)ccc2[C@H]2O[C@H]3CCNC[C@@H]3C[C@@H]21.Cl. The number of piperidine rings is 1. The molecule has 4 atom stereocenters. The maximum Gasteiger partial charge on any atom is 0.129 e. The van der Waals surface area contributed by atoms with Crippen molar-refractivity contribution >= 4 is 12.4 Å². The summed E-state index contributed by atoms with van der Waals surface area (Å²) < 4.78 is 12.7. The van der Waals surface area contributed by atoms with Gasteiger partial charge in [0.1, 0.15) is 17.1 Å². The number of aromatic hydroxyl groups is 1. The number of phenolic OH excluding ortho intramolecular Hbond substituents is 1. The van der Waals surface area contributed by atoms with Crippen molar-refractivity contribution in [3.05, 3.63) is 23.8 Å². The van der Waals surface area contributed by atoms with E-state index in [2.05, 4.69) is 19.2 Å². The molecule has 5 heteroatoms. The van der Waals surface area contributed by atoms with E-state index in [1.807, 2.05) is 6.07 Å². The fourth-order valence-electron chi connectivity index (χ4n) is 4.19. The van der Waals surface area contributed by atoms with E-state index in [9.17, 15) is 5.11 Å². The van der Waals surface area contributed by atoms with E-state index in [-0.39, 0.29) is 29.9 Å². The van der Waals surface area contributed by atoms with Crippen molar-refractivity contribution in [2.75, 3.05) is 13.1 Å². The van der Waals surface area contributed by atoms with Crippen molar-refractivity contribution in [2.45, 2.75) is 44.5 Å². The van der Waals surface area contributed by atoms with E-state index < -0.39 is 0 Å². The van der Waals surface area contributed by atoms with E-state index in [0.29, 0.717) is 17.9 Å². The topological polar surface area (TPSA) is 50.7 Å². The summed E-state index contributed by atoms with van der Waals surface area (Å²) in [6.45, 7) is 6.36. The molecule has 2 N–H and O–H groups in total. The Labute approximate surface area is 137 Å². The highest BCUT2D eigenvalue weighted by Gasteiger charge is 2.50. The molecule has 22 heavy (non-hydrogen) atoms. The fraction of sp³-hybridized carbons (Fsp3) is 0.647. The zero-order valence-electron chi connectivity index (χ0n) is 13.0. The Kier molecular flexibility index (Phi) is 4.04. The zero-order chi connectivity index (χ0) is 14.6. The Hall–Kier alpha value is -0.970. The summed E-state index contributed by atoms with van der Waals surface area (Å²) in [4.78, 5) is 0. The lowest BCUT2D eigenvalue weighted by Crippen LogP contribution is -2.54. The number of hydrogen-bond acceptors (Lipinski definition) is 4. The van der Waals surface area contributed by atoms with Gasteiger partial charge in [-0.15, -0.1) is 12.4 Å². The van der Waals surface area contributed by atoms with E-state index in [4.69, 9.17) is 9.47 Å². The first kappa shape index (κ1) is 15.9. The number of rotatable bonds is 0. The van der Waals surface area contributed by atoms with Crippen molar-refractivity contribution in [2.24, 2.45) is 11.8 Å². The van der Waals surface area contributed by atoms with Gasteiger partial charge in [-0.05, 0) is 51.3 Å². The van der Waals surface area contributed by atoms with Crippen molar-refractivity contribution in [1.82, 2.24) is 5.32 Å². The van der Waals surface area contributed by atoms with Crippen molar-refractivity contribution in [3.63, 3.8) is 0 Å². The second kappa shape index (κ2) is 5.59. The third-order valence-corrected chi connectivity index (χ3v) is 5.35. The minimum absolute atomic E-state index is 0. The number of hydrogen-bond donors (Lipinski definition) is 2. The molecule has 4 rings (SSSR count). The van der Waals surface area contributed by atoms with Crippen LogP contribution in [0, 0.1) is 11.8 Å². The number of nitrogens with one attached hydrogen (secondary N) is 1. The third kappa shape index (κ3) is 2.47. The lowest BCUT2D eigenvalue weighted by molar-refractivity contribution is -0.178. The molecular formula is C17H24ClNO3. The van der Waals surface area contributed by atoms with Gasteiger partial charge in [0.25, 0.3) is 0 Å². The second-order valence-electron chi connectivity index (χ2n) is 7.12. The standard InChI is InChI=1S/C17H23NO3.ClH/c1-17(2)13-7-10-9-18-6-5-14(10)20-16(13)12-4-3-11(19)8-15(12)21-17;/h3-4,8,10,13-14,16,18-19H,5-7,9H2,1-2H3;1H/t10-,13-,14-,16+;/m0./s1. The summed E-state index contributed by atoms with van der Waals surface area (Å²) in [5.74, 6) is 1.96. The molecule has 0 amide bonds. The smallest absolute Gasteiger partial charge is 0.129 e. The van der Waals surface area contributed by atoms with Crippen molar-refractivity contribution in [1.29, 1.82) is 0 Å². The van der Waals surface area contributed by atoms with Crippen LogP contribution in [0.1, 0.15) is 38.4 Å². The van der Waals surface area contributed by atoms with Crippen LogP contribution in [0.2, 0.25) is 0 Å². The van der Waals surface area contributed by atoms with Crippen LogP contribution in [0.3, 0.4) is 0 Å². The lowest BCUT2D eigenvalue weighted by Gasteiger charge is -2.52. The normalized spacial score (nSPS) is 35.2. The number of ether oxygens (including phenoxy) is 2. The minimum atomic E-state index is -0.270. The lowest BCUT2D eigenvalue weighted by atomic mass is 9.71. The first-order valence-corrected chi connectivity index (χ1v) is 7.93. The first-order chi connectivity index (χ1) is 10.0. The molecule has 0 bridgehead atoms. The van der Waals surface area contributed by atoms with Gasteiger partial charge >= 0.3 is 0 Å². The summed E-state index contributed by atoms with van der Waals surface area (Å²) in [7, 11) is 0. The summed E-state index contributed by atoms with van der Waals surface area (Å²) in [5, 5.41) is 13.2. The molecule has 3 heterocycles. The summed E-state index contributed by atoms with van der Waals surface area (Å²) in [6, 6.07) is 5.40. The Balaban J connectivity index is 0.00000144. The molecule has 3 aliphatic rings. The maximum atomic E-state index is 9.71. The number of phenols is 1. The van der Waals surface area contributed by atoms with Gasteiger partial charge in [0.2, 0.25) is 0 Å². The monoisotopic (exact) mass is 325 g/mol. The molecule has 2 saturated heterocycles. The van der Waals surface area contributed by atoms with E-state index in [1.165, 1.54) is 0 Å². The molecule has 0 saturated carbocycles. The van der Waals surface area contributed by atoms with Gasteiger partial charge in [0.05, 0.1) is 12.2 Å². The first-order valence-electron chi connectivity index (χ1n) is 7.93. The van der Waals surface area contributed by atoms with Crippen LogP contribution in [-0.4, -0.2) is 29.9 Å². The largest absolute Gasteiger partial charge is 0.508 e. The molecule has 122 valence electrons. The fourth-order valence-corrected chi connectivity index (χ4v) is 4.19. The van der Waals surface area contributed by atoms with Gasteiger partial charge in [-0.25, -0.2) is 0 Å². The Morgan fingerprint density at radius 3 is 2.95 bits per heavy atom. The molecule has 1 aromatic carbocycles. The second-order valence-corrected chi connectivity index (χ2v) is 7.12. The molecule has 4 nitrogen and oxygen atoms in total. The molecule has 0 unspecified atom stereocenters. The van der Waals surface area contributed by atoms with Crippen LogP contribution in [0.15, 0.2) is 18.2 Å². The van der Waals surface area contributed by atoms with Crippen LogP contribution in [0.25, 0.3) is 0 Å². The highest BCUT2D eigenvalue weighted by atomic mass is 35.5. The third-order valence-electron chi connectivity index (χ3n) is 5.35. The van der Waals surface area contributed by atoms with Crippen LogP contribution in [0.5, 0.6) is 11.5 Å². The predicted octanol–water partition coefficient (Wildman–Crippen LogP) is 3.04. The predicted molar refractivity (Wildman–Crippen MR) is 86.8 cm³/mol. The molecular weight excluding hydrogens is 302 g/mol. The molecule has 0 aliphatic carbocycles. The van der Waals surface area contributed by atoms with E-state index in [0.717, 1.165) is 37.2 Å². The summed E-state index contributed by atoms with van der Waals surface area (Å²) in [6.07, 6.45) is 2.66. The minimum Gasteiger partial charge on any atom is -0.508 e. The van der Waals surface area contributed by atoms with Crippen molar-refractivity contribution < 1.29 is 14.6 Å².